The molecule has 0 bridgehead atoms. The molecule has 0 atom stereocenters. The lowest BCUT2D eigenvalue weighted by atomic mass is 10.1. The highest BCUT2D eigenvalue weighted by Crippen LogP contribution is 2.18. The zero-order chi connectivity index (χ0) is 14.4. The molecule has 0 amide bonds. The summed E-state index contributed by atoms with van der Waals surface area (Å²) < 4.78 is 5.46. The third-order valence-corrected chi connectivity index (χ3v) is 2.83. The number of aromatic nitrogens is 2. The van der Waals surface area contributed by atoms with Gasteiger partial charge in [0, 0.05) is 12.4 Å². The molecule has 0 unspecified atom stereocenters. The molecule has 5 nitrogen and oxygen atoms in total. The second kappa shape index (κ2) is 6.65. The van der Waals surface area contributed by atoms with E-state index in [9.17, 15) is 4.79 Å². The highest BCUT2D eigenvalue weighted by molar-refractivity contribution is 5.86. The fraction of sp³-hybridized carbons (Fsp3) is 0.267. The molecule has 0 saturated heterocycles. The molecule has 1 heterocycles. The van der Waals surface area contributed by atoms with Crippen LogP contribution in [0.1, 0.15) is 35.7 Å². The summed E-state index contributed by atoms with van der Waals surface area (Å²) in [6.45, 7) is 2.16. The second-order valence-electron chi connectivity index (χ2n) is 4.41. The number of hydrogen-bond acceptors (Lipinski definition) is 4. The first kappa shape index (κ1) is 14.0. The molecule has 1 aromatic heterocycles. The highest BCUT2D eigenvalue weighted by Gasteiger charge is 2.05. The van der Waals surface area contributed by atoms with Gasteiger partial charge in [-0.2, -0.15) is 0 Å². The number of hydrogen-bond donors (Lipinski definition) is 1. The van der Waals surface area contributed by atoms with Crippen LogP contribution in [-0.4, -0.2) is 21.0 Å². The Morgan fingerprint density at radius 1 is 1.20 bits per heavy atom. The van der Waals surface area contributed by atoms with E-state index in [2.05, 4.69) is 16.9 Å². The van der Waals surface area contributed by atoms with Crippen LogP contribution in [0.15, 0.2) is 36.7 Å². The van der Waals surface area contributed by atoms with Gasteiger partial charge in [-0.05, 0) is 30.5 Å². The molecule has 104 valence electrons. The van der Waals surface area contributed by atoms with Gasteiger partial charge in [0.15, 0.2) is 0 Å². The Balaban J connectivity index is 2.00. The minimum Gasteiger partial charge on any atom is -0.478 e. The van der Waals surface area contributed by atoms with E-state index < -0.39 is 5.97 Å². The van der Waals surface area contributed by atoms with Crippen molar-refractivity contribution in [2.75, 3.05) is 0 Å². The molecule has 0 spiro atoms. The minimum absolute atomic E-state index is 0.0345. The van der Waals surface area contributed by atoms with Gasteiger partial charge in [-0.15, -0.1) is 0 Å². The summed E-state index contributed by atoms with van der Waals surface area (Å²) in [6.07, 6.45) is 5.84. The van der Waals surface area contributed by atoms with E-state index in [1.807, 2.05) is 24.3 Å². The van der Waals surface area contributed by atoms with Crippen molar-refractivity contribution < 1.29 is 14.6 Å². The van der Waals surface area contributed by atoms with Gasteiger partial charge in [0.05, 0.1) is 5.56 Å². The number of aromatic carboxylic acids is 1. The topological polar surface area (TPSA) is 72.3 Å². The fourth-order valence-corrected chi connectivity index (χ4v) is 1.69. The van der Waals surface area contributed by atoms with Crippen molar-refractivity contribution in [2.24, 2.45) is 0 Å². The van der Waals surface area contributed by atoms with Crippen molar-refractivity contribution >= 4 is 5.97 Å². The summed E-state index contributed by atoms with van der Waals surface area (Å²) in [7, 11) is 0. The third kappa shape index (κ3) is 3.78. The summed E-state index contributed by atoms with van der Waals surface area (Å²) in [5, 5.41) is 8.75. The van der Waals surface area contributed by atoms with E-state index in [1.165, 1.54) is 30.8 Å². The molecule has 1 aromatic carbocycles. The summed E-state index contributed by atoms with van der Waals surface area (Å²) in [5.41, 5.74) is 1.30. The fourth-order valence-electron chi connectivity index (χ4n) is 1.69. The van der Waals surface area contributed by atoms with E-state index in [0.717, 1.165) is 6.42 Å². The van der Waals surface area contributed by atoms with Gasteiger partial charge in [-0.3, -0.25) is 0 Å². The van der Waals surface area contributed by atoms with Crippen LogP contribution >= 0.6 is 0 Å². The standard InChI is InChI=1S/C15H16N2O3/c1-2-3-4-11-5-7-13(8-6-11)20-15-16-9-12(10-17-15)14(18)19/h5-10H,2-4H2,1H3,(H,18,19). The average Bonchev–Trinajstić information content (AvgIpc) is 2.47. The normalized spacial score (nSPS) is 10.2. The van der Waals surface area contributed by atoms with Crippen LogP contribution in [0.25, 0.3) is 0 Å². The van der Waals surface area contributed by atoms with Crippen LogP contribution in [0.3, 0.4) is 0 Å². The van der Waals surface area contributed by atoms with E-state index in [0.29, 0.717) is 5.75 Å². The van der Waals surface area contributed by atoms with Crippen molar-refractivity contribution in [1.82, 2.24) is 9.97 Å². The van der Waals surface area contributed by atoms with Gasteiger partial charge in [-0.25, -0.2) is 14.8 Å². The first-order valence-electron chi connectivity index (χ1n) is 6.51. The smallest absolute Gasteiger partial charge is 0.338 e. The van der Waals surface area contributed by atoms with Crippen LogP contribution in [0.4, 0.5) is 0 Å². The zero-order valence-corrected chi connectivity index (χ0v) is 11.2. The number of aryl methyl sites for hydroxylation is 1. The summed E-state index contributed by atoms with van der Waals surface area (Å²) in [4.78, 5) is 18.4. The first-order chi connectivity index (χ1) is 9.69. The molecule has 20 heavy (non-hydrogen) atoms. The Morgan fingerprint density at radius 3 is 2.40 bits per heavy atom. The summed E-state index contributed by atoms with van der Waals surface area (Å²) in [5.74, 6) is -0.426. The van der Waals surface area contributed by atoms with Crippen LogP contribution in [-0.2, 0) is 6.42 Å². The van der Waals surface area contributed by atoms with Gasteiger partial charge in [0.2, 0.25) is 0 Å². The van der Waals surface area contributed by atoms with Crippen molar-refractivity contribution in [2.45, 2.75) is 26.2 Å². The number of unbranched alkanes of at least 4 members (excludes halogenated alkanes) is 1. The predicted octanol–water partition coefficient (Wildman–Crippen LogP) is 3.31. The summed E-state index contributed by atoms with van der Waals surface area (Å²) in [6, 6.07) is 7.88. The molecule has 2 rings (SSSR count). The number of rotatable bonds is 6. The van der Waals surface area contributed by atoms with E-state index in [1.54, 1.807) is 0 Å². The maximum atomic E-state index is 10.7. The second-order valence-corrected chi connectivity index (χ2v) is 4.41. The molecule has 0 fully saturated rings. The quantitative estimate of drug-likeness (QED) is 0.873. The number of carbonyl (C=O) groups is 1. The van der Waals surface area contributed by atoms with Gasteiger partial charge < -0.3 is 9.84 Å². The Hall–Kier alpha value is -2.43. The Morgan fingerprint density at radius 2 is 1.85 bits per heavy atom. The van der Waals surface area contributed by atoms with Crippen molar-refractivity contribution in [1.29, 1.82) is 0 Å². The number of carboxylic acid groups (broad SMARTS) is 1. The largest absolute Gasteiger partial charge is 0.478 e. The lowest BCUT2D eigenvalue weighted by Crippen LogP contribution is -1.99. The molecule has 5 heteroatoms. The van der Waals surface area contributed by atoms with Crippen LogP contribution in [0.2, 0.25) is 0 Å². The van der Waals surface area contributed by atoms with Gasteiger partial charge in [0.25, 0.3) is 0 Å². The molecule has 2 aromatic rings. The predicted molar refractivity (Wildman–Crippen MR) is 74.1 cm³/mol. The number of nitrogens with zero attached hydrogens (tertiary/aromatic N) is 2. The van der Waals surface area contributed by atoms with Gasteiger partial charge >= 0.3 is 12.0 Å². The van der Waals surface area contributed by atoms with Crippen LogP contribution in [0.5, 0.6) is 11.8 Å². The number of carboxylic acids is 1. The van der Waals surface area contributed by atoms with Crippen molar-refractivity contribution in [3.63, 3.8) is 0 Å². The molecule has 0 aliphatic rings. The van der Waals surface area contributed by atoms with Gasteiger partial charge in [-0.1, -0.05) is 25.5 Å². The maximum Gasteiger partial charge on any atom is 0.338 e. The minimum atomic E-state index is -1.06. The van der Waals surface area contributed by atoms with Crippen LogP contribution < -0.4 is 4.74 Å². The Bertz CT molecular complexity index is 565. The molecule has 0 aliphatic carbocycles. The van der Waals surface area contributed by atoms with E-state index in [4.69, 9.17) is 9.84 Å². The van der Waals surface area contributed by atoms with E-state index in [-0.39, 0.29) is 11.6 Å². The lowest BCUT2D eigenvalue weighted by Gasteiger charge is -2.05. The first-order valence-corrected chi connectivity index (χ1v) is 6.51. The van der Waals surface area contributed by atoms with Crippen LogP contribution in [0, 0.1) is 0 Å². The van der Waals surface area contributed by atoms with Crippen molar-refractivity contribution in [3.8, 4) is 11.8 Å². The molecule has 0 saturated carbocycles. The van der Waals surface area contributed by atoms with Crippen molar-refractivity contribution in [3.05, 3.63) is 47.8 Å². The summed E-state index contributed by atoms with van der Waals surface area (Å²) >= 11 is 0. The zero-order valence-electron chi connectivity index (χ0n) is 11.2. The number of ether oxygens (including phenoxy) is 1. The monoisotopic (exact) mass is 272 g/mol. The molecule has 0 aliphatic heterocycles. The SMILES string of the molecule is CCCCc1ccc(Oc2ncc(C(=O)O)cn2)cc1. The van der Waals surface area contributed by atoms with Gasteiger partial charge in [0.1, 0.15) is 5.75 Å². The number of benzene rings is 1. The molecule has 0 radical (unpaired) electrons. The average molecular weight is 272 g/mol. The van der Waals surface area contributed by atoms with E-state index >= 15 is 0 Å². The molecular weight excluding hydrogens is 256 g/mol. The Labute approximate surface area is 117 Å². The Kier molecular flexibility index (Phi) is 4.65. The molecular formula is C15H16N2O3. The lowest BCUT2D eigenvalue weighted by molar-refractivity contribution is 0.0696. The maximum absolute atomic E-state index is 10.7. The highest BCUT2D eigenvalue weighted by atomic mass is 16.5. The third-order valence-electron chi connectivity index (χ3n) is 2.83. The molecule has 1 N–H and O–H groups in total.